The summed E-state index contributed by atoms with van der Waals surface area (Å²) in [5.41, 5.74) is -1.02. The van der Waals surface area contributed by atoms with Crippen molar-refractivity contribution in [1.29, 1.82) is 0 Å². The summed E-state index contributed by atoms with van der Waals surface area (Å²) >= 11 is 0. The predicted molar refractivity (Wildman–Crippen MR) is 39.6 cm³/mol. The Labute approximate surface area is 65.7 Å². The number of hydrogen-bond donors (Lipinski definition) is 0. The van der Waals surface area contributed by atoms with Gasteiger partial charge in [0.15, 0.2) is 0 Å². The van der Waals surface area contributed by atoms with Crippen molar-refractivity contribution in [2.75, 3.05) is 7.11 Å². The Morgan fingerprint density at radius 3 is 2.64 bits per heavy atom. The maximum atomic E-state index is 10.7. The van der Waals surface area contributed by atoms with E-state index in [1.54, 1.807) is 0 Å². The Morgan fingerprint density at radius 1 is 1.82 bits per heavy atom. The van der Waals surface area contributed by atoms with Crippen molar-refractivity contribution >= 4 is 12.3 Å². The van der Waals surface area contributed by atoms with E-state index in [9.17, 15) is 9.59 Å². The summed E-state index contributed by atoms with van der Waals surface area (Å²) in [6, 6.07) is 0. The second kappa shape index (κ2) is 3.77. The summed E-state index contributed by atoms with van der Waals surface area (Å²) in [6.45, 7) is 1.51. The maximum absolute atomic E-state index is 10.7. The van der Waals surface area contributed by atoms with Crippen molar-refractivity contribution in [3.63, 3.8) is 0 Å². The van der Waals surface area contributed by atoms with E-state index < -0.39 is 11.4 Å². The van der Waals surface area contributed by atoms with Crippen molar-refractivity contribution in [3.8, 4) is 12.3 Å². The molecule has 1 atom stereocenters. The molecule has 0 aromatic rings. The van der Waals surface area contributed by atoms with Gasteiger partial charge >= 0.3 is 5.97 Å². The average molecular weight is 154 g/mol. The van der Waals surface area contributed by atoms with E-state index in [-0.39, 0.29) is 6.42 Å². The van der Waals surface area contributed by atoms with Gasteiger partial charge in [0.05, 0.1) is 18.9 Å². The first-order valence-electron chi connectivity index (χ1n) is 3.09. The van der Waals surface area contributed by atoms with Gasteiger partial charge in [0.1, 0.15) is 6.29 Å². The van der Waals surface area contributed by atoms with Crippen LogP contribution < -0.4 is 0 Å². The molecule has 11 heavy (non-hydrogen) atoms. The van der Waals surface area contributed by atoms with Gasteiger partial charge in [-0.25, -0.2) is 0 Å². The van der Waals surface area contributed by atoms with E-state index >= 15 is 0 Å². The van der Waals surface area contributed by atoms with E-state index in [2.05, 4.69) is 10.7 Å². The highest BCUT2D eigenvalue weighted by Gasteiger charge is 2.24. The molecule has 0 radical (unpaired) electrons. The lowest BCUT2D eigenvalue weighted by Gasteiger charge is -2.12. The highest BCUT2D eigenvalue weighted by atomic mass is 16.5. The van der Waals surface area contributed by atoms with Gasteiger partial charge in [-0.1, -0.05) is 5.92 Å². The largest absolute Gasteiger partial charge is 0.469 e. The second-order valence-corrected chi connectivity index (χ2v) is 2.43. The molecule has 0 saturated carbocycles. The third-order valence-corrected chi connectivity index (χ3v) is 1.33. The lowest BCUT2D eigenvalue weighted by Crippen LogP contribution is -2.21. The summed E-state index contributed by atoms with van der Waals surface area (Å²) in [5, 5.41) is 0. The third-order valence-electron chi connectivity index (χ3n) is 1.33. The van der Waals surface area contributed by atoms with Crippen molar-refractivity contribution in [2.45, 2.75) is 13.3 Å². The lowest BCUT2D eigenvalue weighted by molar-refractivity contribution is -0.143. The zero-order valence-electron chi connectivity index (χ0n) is 6.59. The monoisotopic (exact) mass is 154 g/mol. The minimum atomic E-state index is -1.02. The molecule has 0 bridgehead atoms. The molecule has 3 nitrogen and oxygen atoms in total. The molecule has 3 heteroatoms. The standard InChI is InChI=1S/C8H10O3/c1-4-8(2,6-9)5-7(10)11-3/h1,6H,5H2,2-3H3. The Kier molecular flexibility index (Phi) is 3.32. The van der Waals surface area contributed by atoms with Crippen LogP contribution in [0.15, 0.2) is 0 Å². The number of aldehydes is 1. The van der Waals surface area contributed by atoms with E-state index in [4.69, 9.17) is 6.42 Å². The Hall–Kier alpha value is -1.30. The number of terminal acetylenes is 1. The number of ether oxygens (including phenoxy) is 1. The lowest BCUT2D eigenvalue weighted by atomic mass is 9.90. The molecule has 0 fully saturated rings. The van der Waals surface area contributed by atoms with Gasteiger partial charge in [-0.15, -0.1) is 6.42 Å². The average Bonchev–Trinajstić information content (AvgIpc) is 2.04. The first-order valence-corrected chi connectivity index (χ1v) is 3.09. The van der Waals surface area contributed by atoms with Gasteiger partial charge in [0.25, 0.3) is 0 Å². The summed E-state index contributed by atoms with van der Waals surface area (Å²) in [6.07, 6.45) is 5.54. The second-order valence-electron chi connectivity index (χ2n) is 2.43. The zero-order valence-corrected chi connectivity index (χ0v) is 6.59. The minimum Gasteiger partial charge on any atom is -0.469 e. The number of methoxy groups -OCH3 is 1. The van der Waals surface area contributed by atoms with Crippen molar-refractivity contribution in [1.82, 2.24) is 0 Å². The number of carbonyl (C=O) groups is 2. The van der Waals surface area contributed by atoms with Crippen LogP contribution in [0.5, 0.6) is 0 Å². The molecule has 0 aromatic heterocycles. The van der Waals surface area contributed by atoms with Crippen molar-refractivity contribution in [2.24, 2.45) is 5.41 Å². The third kappa shape index (κ3) is 2.85. The topological polar surface area (TPSA) is 43.4 Å². The van der Waals surface area contributed by atoms with E-state index in [0.717, 1.165) is 0 Å². The Balaban J connectivity index is 4.22. The fourth-order valence-electron chi connectivity index (χ4n) is 0.499. The van der Waals surface area contributed by atoms with Gasteiger partial charge < -0.3 is 9.53 Å². The van der Waals surface area contributed by atoms with Gasteiger partial charge in [-0.05, 0) is 6.92 Å². The fourth-order valence-corrected chi connectivity index (χ4v) is 0.499. The summed E-state index contributed by atoms with van der Waals surface area (Å²) < 4.78 is 4.36. The summed E-state index contributed by atoms with van der Waals surface area (Å²) in [5.74, 6) is 1.75. The van der Waals surface area contributed by atoms with Crippen LogP contribution >= 0.6 is 0 Å². The van der Waals surface area contributed by atoms with Crippen LogP contribution in [0.2, 0.25) is 0 Å². The van der Waals surface area contributed by atoms with Gasteiger partial charge in [-0.3, -0.25) is 4.79 Å². The summed E-state index contributed by atoms with van der Waals surface area (Å²) in [7, 11) is 1.25. The predicted octanol–water partition coefficient (Wildman–Crippen LogP) is 0.388. The molecular weight excluding hydrogens is 144 g/mol. The summed E-state index contributed by atoms with van der Waals surface area (Å²) in [4.78, 5) is 21.0. The normalized spacial score (nSPS) is 14.3. The van der Waals surface area contributed by atoms with Gasteiger partial charge in [0.2, 0.25) is 0 Å². The van der Waals surface area contributed by atoms with Crippen LogP contribution in [-0.4, -0.2) is 19.4 Å². The van der Waals surface area contributed by atoms with Crippen LogP contribution in [0.25, 0.3) is 0 Å². The SMILES string of the molecule is C#CC(C)(C=O)CC(=O)OC. The van der Waals surface area contributed by atoms with Crippen molar-refractivity contribution in [3.05, 3.63) is 0 Å². The zero-order chi connectivity index (χ0) is 8.91. The van der Waals surface area contributed by atoms with Crippen LogP contribution in [-0.2, 0) is 14.3 Å². The van der Waals surface area contributed by atoms with Gasteiger partial charge in [-0.2, -0.15) is 0 Å². The smallest absolute Gasteiger partial charge is 0.307 e. The number of hydrogen-bond acceptors (Lipinski definition) is 3. The van der Waals surface area contributed by atoms with E-state index in [1.807, 2.05) is 0 Å². The van der Waals surface area contributed by atoms with Crippen LogP contribution in [0.4, 0.5) is 0 Å². The molecule has 0 spiro atoms. The molecule has 0 amide bonds. The molecule has 0 aliphatic heterocycles. The quantitative estimate of drug-likeness (QED) is 0.335. The maximum Gasteiger partial charge on any atom is 0.307 e. The van der Waals surface area contributed by atoms with E-state index in [1.165, 1.54) is 14.0 Å². The molecule has 0 saturated heterocycles. The highest BCUT2D eigenvalue weighted by molar-refractivity contribution is 5.77. The molecule has 0 aromatic carbocycles. The minimum absolute atomic E-state index is 0.0660. The highest BCUT2D eigenvalue weighted by Crippen LogP contribution is 2.16. The molecule has 0 N–H and O–H groups in total. The molecule has 60 valence electrons. The Bertz CT molecular complexity index is 202. The molecule has 0 aliphatic carbocycles. The van der Waals surface area contributed by atoms with Crippen LogP contribution in [0.3, 0.4) is 0 Å². The number of carbonyl (C=O) groups excluding carboxylic acids is 2. The number of rotatable bonds is 3. The van der Waals surface area contributed by atoms with Gasteiger partial charge in [0, 0.05) is 0 Å². The molecule has 0 rings (SSSR count). The molecule has 0 heterocycles. The molecule has 0 aliphatic rings. The Morgan fingerprint density at radius 2 is 2.36 bits per heavy atom. The van der Waals surface area contributed by atoms with Crippen LogP contribution in [0, 0.1) is 17.8 Å². The molecular formula is C8H10O3. The molecule has 1 unspecified atom stereocenters. The first-order chi connectivity index (χ1) is 5.08. The number of esters is 1. The van der Waals surface area contributed by atoms with E-state index in [0.29, 0.717) is 6.29 Å². The van der Waals surface area contributed by atoms with Crippen molar-refractivity contribution < 1.29 is 14.3 Å². The van der Waals surface area contributed by atoms with Crippen LogP contribution in [0.1, 0.15) is 13.3 Å². The fraction of sp³-hybridized carbons (Fsp3) is 0.500. The first kappa shape index (κ1) is 9.70.